The summed E-state index contributed by atoms with van der Waals surface area (Å²) in [5, 5.41) is 1.43. The Morgan fingerprint density at radius 1 is 1.07 bits per heavy atom. The molecule has 1 fully saturated rings. The van der Waals surface area contributed by atoms with Gasteiger partial charge in [-0.1, -0.05) is 23.7 Å². The monoisotopic (exact) mass is 397 g/mol. The van der Waals surface area contributed by atoms with Crippen LogP contribution in [0.4, 0.5) is 4.39 Å². The highest BCUT2D eigenvalue weighted by atomic mass is 35.5. The van der Waals surface area contributed by atoms with Crippen LogP contribution in [-0.4, -0.2) is 46.9 Å². The Bertz CT molecular complexity index is 1010. The second-order valence-electron chi connectivity index (χ2n) is 7.17. The van der Waals surface area contributed by atoms with Gasteiger partial charge in [-0.3, -0.25) is 14.7 Å². The minimum Gasteiger partial charge on any atom is -0.336 e. The molecule has 1 aromatic heterocycles. The first kappa shape index (κ1) is 18.8. The predicted molar refractivity (Wildman–Crippen MR) is 109 cm³/mol. The number of rotatable bonds is 3. The van der Waals surface area contributed by atoms with Crippen LogP contribution in [0.25, 0.3) is 10.9 Å². The molecule has 4 rings (SSSR count). The van der Waals surface area contributed by atoms with Crippen molar-refractivity contribution in [2.75, 3.05) is 26.2 Å². The van der Waals surface area contributed by atoms with Crippen molar-refractivity contribution in [3.8, 4) is 0 Å². The molecule has 1 amide bonds. The minimum atomic E-state index is -0.347. The zero-order valence-electron chi connectivity index (χ0n) is 15.7. The molecule has 0 N–H and O–H groups in total. The van der Waals surface area contributed by atoms with Gasteiger partial charge in [0.1, 0.15) is 5.82 Å². The molecular formula is C22H21ClFN3O. The number of aryl methyl sites for hydroxylation is 1. The van der Waals surface area contributed by atoms with Crippen LogP contribution in [0.1, 0.15) is 21.6 Å². The first-order chi connectivity index (χ1) is 13.5. The number of hydrogen-bond donors (Lipinski definition) is 0. The van der Waals surface area contributed by atoms with Crippen LogP contribution in [0.2, 0.25) is 5.02 Å². The van der Waals surface area contributed by atoms with Crippen LogP contribution in [0.5, 0.6) is 0 Å². The average Bonchev–Trinajstić information content (AvgIpc) is 2.69. The van der Waals surface area contributed by atoms with Crippen molar-refractivity contribution in [1.29, 1.82) is 0 Å². The molecule has 6 heteroatoms. The number of halogens is 2. The lowest BCUT2D eigenvalue weighted by Crippen LogP contribution is -2.48. The number of fused-ring (bicyclic) bond motifs is 1. The standard InChI is InChI=1S/C22H21ClFN3O/c1-15-12-20(19-7-6-18(24)13-21(19)25-15)22(28)27-10-8-26(9-11-27)14-16-2-4-17(23)5-3-16/h2-7,12-13H,8-11,14H2,1H3. The summed E-state index contributed by atoms with van der Waals surface area (Å²) in [5.74, 6) is -0.368. The van der Waals surface area contributed by atoms with Crippen molar-refractivity contribution in [1.82, 2.24) is 14.8 Å². The fraction of sp³-hybridized carbons (Fsp3) is 0.273. The van der Waals surface area contributed by atoms with Crippen LogP contribution < -0.4 is 0 Å². The molecule has 0 aliphatic carbocycles. The Morgan fingerprint density at radius 3 is 2.50 bits per heavy atom. The Labute approximate surface area is 168 Å². The van der Waals surface area contributed by atoms with E-state index < -0.39 is 0 Å². The zero-order valence-corrected chi connectivity index (χ0v) is 16.4. The molecule has 0 spiro atoms. The second-order valence-corrected chi connectivity index (χ2v) is 7.60. The van der Waals surface area contributed by atoms with Crippen molar-refractivity contribution >= 4 is 28.4 Å². The highest BCUT2D eigenvalue weighted by Gasteiger charge is 2.24. The van der Waals surface area contributed by atoms with Crippen LogP contribution in [0.3, 0.4) is 0 Å². The predicted octanol–water partition coefficient (Wildman–Crippen LogP) is 4.29. The van der Waals surface area contributed by atoms with Crippen molar-refractivity contribution in [2.45, 2.75) is 13.5 Å². The highest BCUT2D eigenvalue weighted by molar-refractivity contribution is 6.30. The van der Waals surface area contributed by atoms with E-state index >= 15 is 0 Å². The topological polar surface area (TPSA) is 36.4 Å². The molecule has 0 radical (unpaired) electrons. The third-order valence-corrected chi connectivity index (χ3v) is 5.36. The summed E-state index contributed by atoms with van der Waals surface area (Å²) in [6.07, 6.45) is 0. The van der Waals surface area contributed by atoms with Gasteiger partial charge in [0, 0.05) is 54.9 Å². The Balaban J connectivity index is 1.47. The molecular weight excluding hydrogens is 377 g/mol. The van der Waals surface area contributed by atoms with Gasteiger partial charge in [-0.05, 0) is 42.8 Å². The molecule has 1 saturated heterocycles. The molecule has 1 aliphatic heterocycles. The molecule has 0 saturated carbocycles. The van der Waals surface area contributed by atoms with Crippen LogP contribution >= 0.6 is 11.6 Å². The molecule has 144 valence electrons. The van der Waals surface area contributed by atoms with Crippen LogP contribution in [0.15, 0.2) is 48.5 Å². The van der Waals surface area contributed by atoms with E-state index in [-0.39, 0.29) is 11.7 Å². The first-order valence-electron chi connectivity index (χ1n) is 9.32. The van der Waals surface area contributed by atoms with E-state index in [1.807, 2.05) is 36.1 Å². The van der Waals surface area contributed by atoms with E-state index in [2.05, 4.69) is 9.88 Å². The smallest absolute Gasteiger partial charge is 0.254 e. The molecule has 2 heterocycles. The molecule has 4 nitrogen and oxygen atoms in total. The lowest BCUT2D eigenvalue weighted by atomic mass is 10.1. The fourth-order valence-electron chi connectivity index (χ4n) is 3.64. The average molecular weight is 398 g/mol. The highest BCUT2D eigenvalue weighted by Crippen LogP contribution is 2.22. The number of aromatic nitrogens is 1. The van der Waals surface area contributed by atoms with Crippen molar-refractivity contribution in [3.05, 3.63) is 76.2 Å². The van der Waals surface area contributed by atoms with Gasteiger partial charge in [-0.2, -0.15) is 0 Å². The Kier molecular flexibility index (Phi) is 5.29. The molecule has 0 bridgehead atoms. The van der Waals surface area contributed by atoms with E-state index in [1.165, 1.54) is 17.7 Å². The van der Waals surface area contributed by atoms with Crippen LogP contribution in [0, 0.1) is 12.7 Å². The van der Waals surface area contributed by atoms with E-state index in [9.17, 15) is 9.18 Å². The van der Waals surface area contributed by atoms with E-state index in [4.69, 9.17) is 11.6 Å². The SMILES string of the molecule is Cc1cc(C(=O)N2CCN(Cc3ccc(Cl)cc3)CC2)c2ccc(F)cc2n1. The van der Waals surface area contributed by atoms with E-state index in [0.29, 0.717) is 35.2 Å². The maximum absolute atomic E-state index is 13.6. The summed E-state index contributed by atoms with van der Waals surface area (Å²) in [5.41, 5.74) is 3.03. The van der Waals surface area contributed by atoms with Crippen molar-refractivity contribution < 1.29 is 9.18 Å². The maximum atomic E-state index is 13.6. The second kappa shape index (κ2) is 7.86. The van der Waals surface area contributed by atoms with Crippen molar-refractivity contribution in [2.24, 2.45) is 0 Å². The third kappa shape index (κ3) is 4.01. The number of carbonyl (C=O) groups excluding carboxylic acids is 1. The number of amides is 1. The molecule has 0 atom stereocenters. The summed E-state index contributed by atoms with van der Waals surface area (Å²) in [6, 6.07) is 14.1. The van der Waals surface area contributed by atoms with E-state index in [0.717, 1.165) is 24.7 Å². The number of nitrogens with zero attached hydrogens (tertiary/aromatic N) is 3. The first-order valence-corrected chi connectivity index (χ1v) is 9.70. The largest absolute Gasteiger partial charge is 0.336 e. The maximum Gasteiger partial charge on any atom is 0.254 e. The number of pyridine rings is 1. The molecule has 0 unspecified atom stereocenters. The lowest BCUT2D eigenvalue weighted by molar-refractivity contribution is 0.0630. The minimum absolute atomic E-state index is 0.0201. The Morgan fingerprint density at radius 2 is 1.79 bits per heavy atom. The lowest BCUT2D eigenvalue weighted by Gasteiger charge is -2.35. The van der Waals surface area contributed by atoms with Gasteiger partial charge in [0.15, 0.2) is 0 Å². The number of benzene rings is 2. The molecule has 2 aromatic carbocycles. The van der Waals surface area contributed by atoms with Gasteiger partial charge in [-0.25, -0.2) is 4.39 Å². The number of hydrogen-bond acceptors (Lipinski definition) is 3. The van der Waals surface area contributed by atoms with Gasteiger partial charge in [0.2, 0.25) is 0 Å². The summed E-state index contributed by atoms with van der Waals surface area (Å²) in [6.45, 7) is 5.61. The normalized spacial score (nSPS) is 15.2. The van der Waals surface area contributed by atoms with Gasteiger partial charge >= 0.3 is 0 Å². The molecule has 28 heavy (non-hydrogen) atoms. The molecule has 3 aromatic rings. The zero-order chi connectivity index (χ0) is 19.7. The van der Waals surface area contributed by atoms with E-state index in [1.54, 1.807) is 12.1 Å². The molecule has 1 aliphatic rings. The van der Waals surface area contributed by atoms with Gasteiger partial charge in [-0.15, -0.1) is 0 Å². The summed E-state index contributed by atoms with van der Waals surface area (Å²) < 4.78 is 13.6. The van der Waals surface area contributed by atoms with Gasteiger partial charge < -0.3 is 4.90 Å². The van der Waals surface area contributed by atoms with Crippen LogP contribution in [-0.2, 0) is 6.54 Å². The number of carbonyl (C=O) groups is 1. The van der Waals surface area contributed by atoms with Crippen molar-refractivity contribution in [3.63, 3.8) is 0 Å². The summed E-state index contributed by atoms with van der Waals surface area (Å²) in [4.78, 5) is 21.7. The van der Waals surface area contributed by atoms with Gasteiger partial charge in [0.25, 0.3) is 5.91 Å². The summed E-state index contributed by atoms with van der Waals surface area (Å²) >= 11 is 5.94. The fourth-order valence-corrected chi connectivity index (χ4v) is 3.76. The van der Waals surface area contributed by atoms with Gasteiger partial charge in [0.05, 0.1) is 11.1 Å². The quantitative estimate of drug-likeness (QED) is 0.661. The Hall–Kier alpha value is -2.50. The third-order valence-electron chi connectivity index (χ3n) is 5.11. The summed E-state index contributed by atoms with van der Waals surface area (Å²) in [7, 11) is 0. The number of piperazine rings is 1.